The lowest BCUT2D eigenvalue weighted by atomic mass is 10.2. The number of amides is 1. The van der Waals surface area contributed by atoms with Crippen molar-refractivity contribution in [2.24, 2.45) is 0 Å². The molecule has 8 heteroatoms. The number of alkyl halides is 3. The Balaban J connectivity index is 2.80. The average Bonchev–Trinajstić information content (AvgIpc) is 2.42. The van der Waals surface area contributed by atoms with E-state index in [4.69, 9.17) is 0 Å². The zero-order chi connectivity index (χ0) is 16.0. The average molecular weight is 305 g/mol. The second kappa shape index (κ2) is 6.96. The van der Waals surface area contributed by atoms with Gasteiger partial charge >= 0.3 is 12.3 Å². The molecule has 0 N–H and O–H groups in total. The van der Waals surface area contributed by atoms with Crippen LogP contribution in [0.25, 0.3) is 0 Å². The molecule has 21 heavy (non-hydrogen) atoms. The van der Waals surface area contributed by atoms with Crippen LogP contribution in [0.15, 0.2) is 24.3 Å². The minimum Gasteiger partial charge on any atom is -0.468 e. The molecule has 1 rings (SSSR count). The van der Waals surface area contributed by atoms with E-state index in [1.165, 1.54) is 24.1 Å². The summed E-state index contributed by atoms with van der Waals surface area (Å²) in [7, 11) is 1.20. The molecule has 1 amide bonds. The second-order valence-electron chi connectivity index (χ2n) is 3.97. The number of likely N-dealkylation sites (N-methyl/N-ethyl adjacent to an activating group) is 1. The number of methoxy groups -OCH3 is 1. The summed E-state index contributed by atoms with van der Waals surface area (Å²) in [6, 6.07) is 4.46. The summed E-state index contributed by atoms with van der Waals surface area (Å²) in [5.41, 5.74) is 0.148. The first-order valence-electron chi connectivity index (χ1n) is 5.98. The third kappa shape index (κ3) is 5.33. The van der Waals surface area contributed by atoms with E-state index in [1.54, 1.807) is 6.92 Å². The molecule has 116 valence electrons. The topological polar surface area (TPSA) is 55.8 Å². The summed E-state index contributed by atoms with van der Waals surface area (Å²) in [5.74, 6) is -1.49. The third-order valence-corrected chi connectivity index (χ3v) is 2.55. The van der Waals surface area contributed by atoms with Crippen molar-refractivity contribution in [3.63, 3.8) is 0 Å². The maximum Gasteiger partial charge on any atom is 0.573 e. The Morgan fingerprint density at radius 1 is 1.19 bits per heavy atom. The summed E-state index contributed by atoms with van der Waals surface area (Å²) >= 11 is 0. The van der Waals surface area contributed by atoms with Crippen molar-refractivity contribution in [1.82, 2.24) is 4.90 Å². The van der Waals surface area contributed by atoms with E-state index in [0.29, 0.717) is 0 Å². The molecule has 0 aromatic heterocycles. The minimum absolute atomic E-state index is 0.148. The lowest BCUT2D eigenvalue weighted by molar-refractivity contribution is -0.274. The molecule has 0 fully saturated rings. The van der Waals surface area contributed by atoms with Gasteiger partial charge < -0.3 is 14.4 Å². The SMILES string of the molecule is CCN(CC(=O)OC)C(=O)c1ccc(OC(F)(F)F)cc1. The molecule has 0 radical (unpaired) electrons. The number of nitrogens with zero attached hydrogens (tertiary/aromatic N) is 1. The van der Waals surface area contributed by atoms with E-state index in [2.05, 4.69) is 9.47 Å². The number of benzene rings is 1. The Labute approximate surface area is 119 Å². The molecule has 0 bridgehead atoms. The maximum absolute atomic E-state index is 12.1. The molecule has 1 aromatic carbocycles. The number of carbonyl (C=O) groups is 2. The van der Waals surface area contributed by atoms with E-state index >= 15 is 0 Å². The van der Waals surface area contributed by atoms with Crippen molar-refractivity contribution in [3.8, 4) is 5.75 Å². The van der Waals surface area contributed by atoms with E-state index in [0.717, 1.165) is 12.1 Å². The Bertz CT molecular complexity index is 499. The molecule has 0 heterocycles. The first kappa shape index (κ1) is 16.8. The minimum atomic E-state index is -4.79. The predicted octanol–water partition coefficient (Wildman–Crippen LogP) is 2.22. The molecule has 0 saturated heterocycles. The van der Waals surface area contributed by atoms with Gasteiger partial charge in [-0.25, -0.2) is 0 Å². The molecule has 0 saturated carbocycles. The van der Waals surface area contributed by atoms with Gasteiger partial charge in [0.25, 0.3) is 5.91 Å². The zero-order valence-electron chi connectivity index (χ0n) is 11.4. The van der Waals surface area contributed by atoms with Crippen LogP contribution in [0.4, 0.5) is 13.2 Å². The largest absolute Gasteiger partial charge is 0.573 e. The van der Waals surface area contributed by atoms with Crippen LogP contribution in [0.5, 0.6) is 5.75 Å². The van der Waals surface area contributed by atoms with Gasteiger partial charge in [0.05, 0.1) is 7.11 Å². The highest BCUT2D eigenvalue weighted by molar-refractivity contribution is 5.96. The first-order chi connectivity index (χ1) is 9.76. The fraction of sp³-hybridized carbons (Fsp3) is 0.385. The van der Waals surface area contributed by atoms with Gasteiger partial charge in [0.15, 0.2) is 0 Å². The summed E-state index contributed by atoms with van der Waals surface area (Å²) in [6.45, 7) is 1.70. The Hall–Kier alpha value is -2.25. The fourth-order valence-corrected chi connectivity index (χ4v) is 1.53. The molecule has 5 nitrogen and oxygen atoms in total. The van der Waals surface area contributed by atoms with Crippen molar-refractivity contribution in [3.05, 3.63) is 29.8 Å². The van der Waals surface area contributed by atoms with E-state index in [-0.39, 0.29) is 18.7 Å². The molecule has 1 aromatic rings. The quantitative estimate of drug-likeness (QED) is 0.783. The molecule has 0 aliphatic heterocycles. The third-order valence-electron chi connectivity index (χ3n) is 2.55. The molecule has 0 aliphatic rings. The van der Waals surface area contributed by atoms with Crippen LogP contribution >= 0.6 is 0 Å². The number of hydrogen-bond donors (Lipinski definition) is 0. The number of ether oxygens (including phenoxy) is 2. The monoisotopic (exact) mass is 305 g/mol. The van der Waals surface area contributed by atoms with E-state index < -0.39 is 24.0 Å². The molecule has 0 spiro atoms. The molecular formula is C13H14F3NO4. The van der Waals surface area contributed by atoms with Gasteiger partial charge in [-0.1, -0.05) is 0 Å². The number of carbonyl (C=O) groups excluding carboxylic acids is 2. The number of halogens is 3. The lowest BCUT2D eigenvalue weighted by Crippen LogP contribution is -2.36. The van der Waals surface area contributed by atoms with Gasteiger partial charge in [0.1, 0.15) is 12.3 Å². The van der Waals surface area contributed by atoms with Crippen molar-refractivity contribution < 1.29 is 32.2 Å². The van der Waals surface area contributed by atoms with Crippen molar-refractivity contribution in [1.29, 1.82) is 0 Å². The van der Waals surface area contributed by atoms with Gasteiger partial charge in [-0.15, -0.1) is 13.2 Å². The first-order valence-corrected chi connectivity index (χ1v) is 5.98. The Morgan fingerprint density at radius 3 is 2.19 bits per heavy atom. The number of rotatable bonds is 5. The van der Waals surface area contributed by atoms with Crippen LogP contribution in [0.2, 0.25) is 0 Å². The number of hydrogen-bond acceptors (Lipinski definition) is 4. The van der Waals surface area contributed by atoms with Gasteiger partial charge in [0, 0.05) is 12.1 Å². The molecule has 0 unspecified atom stereocenters. The zero-order valence-corrected chi connectivity index (χ0v) is 11.4. The molecular weight excluding hydrogens is 291 g/mol. The lowest BCUT2D eigenvalue weighted by Gasteiger charge is -2.19. The van der Waals surface area contributed by atoms with Crippen LogP contribution in [0, 0.1) is 0 Å². The fourth-order valence-electron chi connectivity index (χ4n) is 1.53. The van der Waals surface area contributed by atoms with Crippen LogP contribution < -0.4 is 4.74 Å². The van der Waals surface area contributed by atoms with Crippen molar-refractivity contribution in [2.75, 3.05) is 20.2 Å². The Kier molecular flexibility index (Phi) is 5.57. The highest BCUT2D eigenvalue weighted by Gasteiger charge is 2.31. The van der Waals surface area contributed by atoms with E-state index in [1.807, 2.05) is 0 Å². The summed E-state index contributed by atoms with van der Waals surface area (Å²) in [6.07, 6.45) is -4.79. The smallest absolute Gasteiger partial charge is 0.468 e. The molecule has 0 aliphatic carbocycles. The standard InChI is InChI=1S/C13H14F3NO4/c1-3-17(8-11(18)20-2)12(19)9-4-6-10(7-5-9)21-13(14,15)16/h4-7H,3,8H2,1-2H3. The summed E-state index contributed by atoms with van der Waals surface area (Å²) in [5, 5.41) is 0. The second-order valence-corrected chi connectivity index (χ2v) is 3.97. The number of esters is 1. The van der Waals surface area contributed by atoms with Gasteiger partial charge in [-0.05, 0) is 31.2 Å². The van der Waals surface area contributed by atoms with Crippen LogP contribution in [-0.4, -0.2) is 43.3 Å². The van der Waals surface area contributed by atoms with Gasteiger partial charge in [-0.2, -0.15) is 0 Å². The van der Waals surface area contributed by atoms with Crippen LogP contribution in [-0.2, 0) is 9.53 Å². The van der Waals surface area contributed by atoms with Crippen molar-refractivity contribution >= 4 is 11.9 Å². The summed E-state index contributed by atoms with van der Waals surface area (Å²) < 4.78 is 44.2. The normalized spacial score (nSPS) is 10.9. The predicted molar refractivity (Wildman–Crippen MR) is 66.7 cm³/mol. The Morgan fingerprint density at radius 2 is 1.76 bits per heavy atom. The van der Waals surface area contributed by atoms with Crippen LogP contribution in [0.1, 0.15) is 17.3 Å². The van der Waals surface area contributed by atoms with Crippen LogP contribution in [0.3, 0.4) is 0 Å². The van der Waals surface area contributed by atoms with E-state index in [9.17, 15) is 22.8 Å². The summed E-state index contributed by atoms with van der Waals surface area (Å²) in [4.78, 5) is 24.5. The highest BCUT2D eigenvalue weighted by Crippen LogP contribution is 2.23. The maximum atomic E-state index is 12.1. The highest BCUT2D eigenvalue weighted by atomic mass is 19.4. The van der Waals surface area contributed by atoms with Gasteiger partial charge in [-0.3, -0.25) is 9.59 Å². The van der Waals surface area contributed by atoms with Crippen molar-refractivity contribution in [2.45, 2.75) is 13.3 Å². The van der Waals surface area contributed by atoms with Gasteiger partial charge in [0.2, 0.25) is 0 Å². The molecule has 0 atom stereocenters.